The van der Waals surface area contributed by atoms with Gasteiger partial charge in [0.05, 0.1) is 12.9 Å². The van der Waals surface area contributed by atoms with Crippen molar-refractivity contribution in [1.29, 1.82) is 0 Å². The number of carbonyl (C=O) groups excluding carboxylic acids is 1. The summed E-state index contributed by atoms with van der Waals surface area (Å²) in [5, 5.41) is 0. The highest BCUT2D eigenvalue weighted by Gasteiger charge is 2.16. The van der Waals surface area contributed by atoms with E-state index in [1.807, 2.05) is 0 Å². The average molecular weight is 330 g/mol. The maximum absolute atomic E-state index is 12.1. The molecule has 1 rings (SSSR count). The zero-order chi connectivity index (χ0) is 16.8. The Morgan fingerprint density at radius 2 is 1.95 bits per heavy atom. The van der Waals surface area contributed by atoms with Crippen LogP contribution >= 0.6 is 0 Å². The van der Waals surface area contributed by atoms with E-state index >= 15 is 0 Å². The highest BCUT2D eigenvalue weighted by Crippen LogP contribution is 2.17. The van der Waals surface area contributed by atoms with Crippen LogP contribution in [-0.2, 0) is 21.4 Å². The van der Waals surface area contributed by atoms with Crippen LogP contribution in [0.15, 0.2) is 24.3 Å². The molecule has 0 aliphatic carbocycles. The van der Waals surface area contributed by atoms with Crippen molar-refractivity contribution in [3.05, 3.63) is 29.8 Å². The molecule has 0 saturated carbocycles. The number of hydrogen-bond donors (Lipinski definition) is 0. The van der Waals surface area contributed by atoms with Crippen LogP contribution in [0.25, 0.3) is 0 Å². The summed E-state index contributed by atoms with van der Waals surface area (Å²) in [6.07, 6.45) is 0.986. The van der Waals surface area contributed by atoms with E-state index in [2.05, 4.69) is 0 Å². The van der Waals surface area contributed by atoms with Gasteiger partial charge in [0.15, 0.2) is 0 Å². The minimum absolute atomic E-state index is 0.147. The molecule has 0 saturated heterocycles. The molecule has 8 heteroatoms. The number of ether oxygens (including phenoxy) is 1. The Morgan fingerprint density at radius 3 is 2.50 bits per heavy atom. The first kappa shape index (κ1) is 18.2. The van der Waals surface area contributed by atoms with Crippen LogP contribution in [0, 0.1) is 0 Å². The van der Waals surface area contributed by atoms with Crippen molar-refractivity contribution < 1.29 is 22.1 Å². The van der Waals surface area contributed by atoms with Gasteiger partial charge in [0.2, 0.25) is 0 Å². The van der Waals surface area contributed by atoms with E-state index in [9.17, 15) is 13.2 Å². The lowest BCUT2D eigenvalue weighted by atomic mass is 10.2. The van der Waals surface area contributed by atoms with Gasteiger partial charge in [-0.3, -0.25) is 0 Å². The molecule has 0 aliphatic rings. The molecule has 0 aliphatic heterocycles. The molecule has 0 heterocycles. The zero-order valence-electron chi connectivity index (χ0n) is 13.3. The minimum Gasteiger partial charge on any atom is -0.383 e. The standard InChI is InChI=1S/C14H22N2O5S/c1-15(2)14(17)16(8-9-20-3)11-12-6-5-7-13(10-12)21-22(4,18)19/h5-7,10H,8-9,11H2,1-4H3. The van der Waals surface area contributed by atoms with Crippen LogP contribution in [0.5, 0.6) is 5.75 Å². The SMILES string of the molecule is COCCN(Cc1cccc(OS(C)(=O)=O)c1)C(=O)N(C)C. The van der Waals surface area contributed by atoms with Crippen LogP contribution in [0.2, 0.25) is 0 Å². The van der Waals surface area contributed by atoms with Crippen molar-refractivity contribution in [3.8, 4) is 5.75 Å². The first-order valence-corrected chi connectivity index (χ1v) is 8.48. The molecule has 0 radical (unpaired) electrons. The Bertz CT molecular complexity index is 601. The maximum Gasteiger partial charge on any atom is 0.319 e. The number of carbonyl (C=O) groups is 1. The maximum atomic E-state index is 12.1. The normalized spacial score (nSPS) is 11.1. The molecule has 0 bridgehead atoms. The number of methoxy groups -OCH3 is 1. The van der Waals surface area contributed by atoms with Crippen molar-refractivity contribution in [3.63, 3.8) is 0 Å². The highest BCUT2D eigenvalue weighted by atomic mass is 32.2. The van der Waals surface area contributed by atoms with E-state index in [1.165, 1.54) is 4.90 Å². The van der Waals surface area contributed by atoms with Crippen LogP contribution in [0.4, 0.5) is 4.79 Å². The van der Waals surface area contributed by atoms with Gasteiger partial charge in [-0.25, -0.2) is 4.79 Å². The van der Waals surface area contributed by atoms with Crippen molar-refractivity contribution in [2.75, 3.05) is 40.6 Å². The Morgan fingerprint density at radius 1 is 1.27 bits per heavy atom. The summed E-state index contributed by atoms with van der Waals surface area (Å²) in [7, 11) is 1.34. The summed E-state index contributed by atoms with van der Waals surface area (Å²) >= 11 is 0. The predicted molar refractivity (Wildman–Crippen MR) is 83.3 cm³/mol. The van der Waals surface area contributed by atoms with E-state index in [-0.39, 0.29) is 11.8 Å². The van der Waals surface area contributed by atoms with Gasteiger partial charge in [0.1, 0.15) is 5.75 Å². The fourth-order valence-corrected chi connectivity index (χ4v) is 2.27. The van der Waals surface area contributed by atoms with Gasteiger partial charge < -0.3 is 18.7 Å². The summed E-state index contributed by atoms with van der Waals surface area (Å²) in [5.41, 5.74) is 0.771. The Labute approximate surface area is 131 Å². The molecule has 22 heavy (non-hydrogen) atoms. The lowest BCUT2D eigenvalue weighted by Gasteiger charge is -2.26. The smallest absolute Gasteiger partial charge is 0.319 e. The quantitative estimate of drug-likeness (QED) is 0.701. The number of benzene rings is 1. The summed E-state index contributed by atoms with van der Waals surface area (Å²) < 4.78 is 32.2. The Kier molecular flexibility index (Phi) is 6.63. The summed E-state index contributed by atoms with van der Waals surface area (Å²) in [6, 6.07) is 6.50. The van der Waals surface area contributed by atoms with Crippen LogP contribution < -0.4 is 4.18 Å². The Hall–Kier alpha value is -1.80. The van der Waals surface area contributed by atoms with Crippen LogP contribution in [0.1, 0.15) is 5.56 Å². The van der Waals surface area contributed by atoms with Gasteiger partial charge in [0.25, 0.3) is 0 Å². The molecule has 7 nitrogen and oxygen atoms in total. The topological polar surface area (TPSA) is 76.1 Å². The monoisotopic (exact) mass is 330 g/mol. The van der Waals surface area contributed by atoms with Crippen LogP contribution in [0.3, 0.4) is 0 Å². The van der Waals surface area contributed by atoms with E-state index in [0.717, 1.165) is 11.8 Å². The highest BCUT2D eigenvalue weighted by molar-refractivity contribution is 7.86. The van der Waals surface area contributed by atoms with Gasteiger partial charge in [0, 0.05) is 34.3 Å². The largest absolute Gasteiger partial charge is 0.383 e. The summed E-state index contributed by atoms with van der Waals surface area (Å²) in [6.45, 7) is 1.19. The van der Waals surface area contributed by atoms with Gasteiger partial charge >= 0.3 is 16.1 Å². The molecule has 2 amide bonds. The molecule has 1 aromatic carbocycles. The fourth-order valence-electron chi connectivity index (χ4n) is 1.82. The van der Waals surface area contributed by atoms with Crippen LogP contribution in [-0.4, -0.2) is 64.9 Å². The summed E-state index contributed by atoms with van der Waals surface area (Å²) in [5.74, 6) is 0.226. The predicted octanol–water partition coefficient (Wildman–Crippen LogP) is 1.16. The average Bonchev–Trinajstić information content (AvgIpc) is 2.41. The van der Waals surface area contributed by atoms with Crippen molar-refractivity contribution in [1.82, 2.24) is 9.80 Å². The van der Waals surface area contributed by atoms with E-state index < -0.39 is 10.1 Å². The minimum atomic E-state index is -3.58. The summed E-state index contributed by atoms with van der Waals surface area (Å²) in [4.78, 5) is 15.2. The van der Waals surface area contributed by atoms with Crippen molar-refractivity contribution >= 4 is 16.1 Å². The first-order chi connectivity index (χ1) is 10.2. The number of rotatable bonds is 7. The molecule has 124 valence electrons. The lowest BCUT2D eigenvalue weighted by molar-refractivity contribution is 0.132. The zero-order valence-corrected chi connectivity index (χ0v) is 14.1. The number of hydrogen-bond acceptors (Lipinski definition) is 5. The molecule has 1 aromatic rings. The van der Waals surface area contributed by atoms with Crippen molar-refractivity contribution in [2.24, 2.45) is 0 Å². The third kappa shape index (κ3) is 6.31. The molecule has 0 unspecified atom stereocenters. The molecule has 0 N–H and O–H groups in total. The molecule has 0 aromatic heterocycles. The van der Waals surface area contributed by atoms with Crippen molar-refractivity contribution in [2.45, 2.75) is 6.54 Å². The first-order valence-electron chi connectivity index (χ1n) is 6.66. The van der Waals surface area contributed by atoms with E-state index in [4.69, 9.17) is 8.92 Å². The second kappa shape index (κ2) is 8.00. The fraction of sp³-hybridized carbons (Fsp3) is 0.500. The van der Waals surface area contributed by atoms with Gasteiger partial charge in [-0.2, -0.15) is 8.42 Å². The van der Waals surface area contributed by atoms with E-state index in [1.54, 1.807) is 50.4 Å². The van der Waals surface area contributed by atoms with Gasteiger partial charge in [-0.15, -0.1) is 0 Å². The number of nitrogens with zero attached hydrogens (tertiary/aromatic N) is 2. The third-order valence-electron chi connectivity index (χ3n) is 2.74. The lowest BCUT2D eigenvalue weighted by Crippen LogP contribution is -2.40. The number of amides is 2. The molecule has 0 spiro atoms. The van der Waals surface area contributed by atoms with Gasteiger partial charge in [-0.05, 0) is 17.7 Å². The molecule has 0 fully saturated rings. The third-order valence-corrected chi connectivity index (χ3v) is 3.23. The Balaban J connectivity index is 2.88. The number of urea groups is 1. The second-order valence-electron chi connectivity index (χ2n) is 5.03. The molecule has 0 atom stereocenters. The molecular weight excluding hydrogens is 308 g/mol. The molecular formula is C14H22N2O5S. The van der Waals surface area contributed by atoms with Gasteiger partial charge in [-0.1, -0.05) is 12.1 Å². The second-order valence-corrected chi connectivity index (χ2v) is 6.60. The van der Waals surface area contributed by atoms with E-state index in [0.29, 0.717) is 19.7 Å².